The molecule has 1 N–H and O–H groups in total. The van der Waals surface area contributed by atoms with E-state index in [4.69, 9.17) is 28.6 Å². The number of hydrogen-bond donors (Lipinski definition) is 1. The van der Waals surface area contributed by atoms with Crippen LogP contribution in [0.5, 0.6) is 0 Å². The average Bonchev–Trinajstić information content (AvgIpc) is 2.84. The quantitative estimate of drug-likeness (QED) is 0.401. The van der Waals surface area contributed by atoms with E-state index < -0.39 is 0 Å². The Morgan fingerprint density at radius 3 is 2.69 bits per heavy atom. The van der Waals surface area contributed by atoms with Crippen LogP contribution in [0.15, 0.2) is 29.2 Å². The molecule has 1 aliphatic heterocycles. The lowest BCUT2D eigenvalue weighted by molar-refractivity contribution is -0.858. The highest BCUT2D eigenvalue weighted by atomic mass is 35.5. The van der Waals surface area contributed by atoms with Crippen molar-refractivity contribution < 1.29 is 19.2 Å². The molecule has 1 aliphatic rings. The minimum Gasteiger partial charge on any atom is -0.460 e. The van der Waals surface area contributed by atoms with Crippen LogP contribution in [-0.4, -0.2) is 54.9 Å². The first-order chi connectivity index (χ1) is 12.4. The largest absolute Gasteiger partial charge is 0.460 e. The molecule has 0 spiro atoms. The summed E-state index contributed by atoms with van der Waals surface area (Å²) in [5, 5.41) is 0.647. The number of thiocarbonyl (C=S) groups is 1. The third kappa shape index (κ3) is 6.39. The van der Waals surface area contributed by atoms with Crippen LogP contribution < -0.4 is 4.90 Å². The molecule has 0 saturated carbocycles. The first-order valence-corrected chi connectivity index (χ1v) is 9.92. The van der Waals surface area contributed by atoms with Gasteiger partial charge in [-0.1, -0.05) is 47.7 Å². The molecule has 8 heteroatoms. The number of thioether (sulfide) groups is 1. The first kappa shape index (κ1) is 20.9. The van der Waals surface area contributed by atoms with Gasteiger partial charge < -0.3 is 9.64 Å². The number of rotatable bonds is 8. The molecule has 0 radical (unpaired) electrons. The SMILES string of the molecule is C[NH+](C)CCOC(=O)CCCN1C(=O)/C(=C\c2ccc(Cl)cc2)SC1=S. The molecular weight excluding hydrogens is 392 g/mol. The van der Waals surface area contributed by atoms with Gasteiger partial charge in [0, 0.05) is 18.0 Å². The Morgan fingerprint density at radius 1 is 1.35 bits per heavy atom. The maximum Gasteiger partial charge on any atom is 0.306 e. The summed E-state index contributed by atoms with van der Waals surface area (Å²) in [5.74, 6) is -0.368. The number of likely N-dealkylation sites (N-methyl/N-ethyl adjacent to an activating group) is 1. The van der Waals surface area contributed by atoms with E-state index in [1.807, 2.05) is 26.2 Å². The van der Waals surface area contributed by atoms with Gasteiger partial charge in [0.2, 0.25) is 0 Å². The highest BCUT2D eigenvalue weighted by Crippen LogP contribution is 2.32. The number of nitrogens with one attached hydrogen (secondary N) is 1. The summed E-state index contributed by atoms with van der Waals surface area (Å²) >= 11 is 12.4. The Morgan fingerprint density at radius 2 is 2.04 bits per heavy atom. The Balaban J connectivity index is 1.83. The van der Waals surface area contributed by atoms with Crippen LogP contribution in [-0.2, 0) is 14.3 Å². The van der Waals surface area contributed by atoms with Crippen molar-refractivity contribution in [1.82, 2.24) is 4.90 Å². The van der Waals surface area contributed by atoms with Crippen molar-refractivity contribution in [1.29, 1.82) is 0 Å². The molecule has 140 valence electrons. The number of quaternary nitrogens is 1. The summed E-state index contributed by atoms with van der Waals surface area (Å²) in [4.78, 5) is 27.6. The van der Waals surface area contributed by atoms with Gasteiger partial charge in [0.25, 0.3) is 5.91 Å². The second-order valence-electron chi connectivity index (χ2n) is 6.17. The summed E-state index contributed by atoms with van der Waals surface area (Å²) in [6.07, 6.45) is 2.60. The zero-order chi connectivity index (χ0) is 19.1. The second kappa shape index (κ2) is 10.1. The lowest BCUT2D eigenvalue weighted by Crippen LogP contribution is -3.06. The molecule has 0 aromatic heterocycles. The van der Waals surface area contributed by atoms with Crippen LogP contribution in [0.3, 0.4) is 0 Å². The third-order valence-electron chi connectivity index (χ3n) is 3.67. The first-order valence-electron chi connectivity index (χ1n) is 8.32. The lowest BCUT2D eigenvalue weighted by atomic mass is 10.2. The summed E-state index contributed by atoms with van der Waals surface area (Å²) in [6, 6.07) is 7.25. The Bertz CT molecular complexity index is 705. The smallest absolute Gasteiger partial charge is 0.306 e. The number of esters is 1. The topological polar surface area (TPSA) is 51.1 Å². The molecular formula is C18H22ClN2O3S2+. The highest BCUT2D eigenvalue weighted by Gasteiger charge is 2.31. The number of carbonyl (C=O) groups is 2. The molecule has 2 rings (SSSR count). The number of nitrogens with zero attached hydrogens (tertiary/aromatic N) is 1. The van der Waals surface area contributed by atoms with E-state index in [1.165, 1.54) is 16.7 Å². The van der Waals surface area contributed by atoms with E-state index in [1.54, 1.807) is 23.1 Å². The minimum atomic E-state index is -0.242. The fourth-order valence-electron chi connectivity index (χ4n) is 2.23. The number of halogens is 1. The number of benzene rings is 1. The third-order valence-corrected chi connectivity index (χ3v) is 5.30. The summed E-state index contributed by atoms with van der Waals surface area (Å²) in [5.41, 5.74) is 0.890. The molecule has 5 nitrogen and oxygen atoms in total. The molecule has 1 amide bonds. The molecule has 1 heterocycles. The average molecular weight is 414 g/mol. The van der Waals surface area contributed by atoms with Gasteiger partial charge in [-0.05, 0) is 30.2 Å². The van der Waals surface area contributed by atoms with E-state index in [9.17, 15) is 9.59 Å². The van der Waals surface area contributed by atoms with Gasteiger partial charge in [0.15, 0.2) is 0 Å². The van der Waals surface area contributed by atoms with E-state index in [0.717, 1.165) is 12.1 Å². The molecule has 1 aromatic rings. The van der Waals surface area contributed by atoms with E-state index >= 15 is 0 Å². The summed E-state index contributed by atoms with van der Waals surface area (Å²) in [6.45, 7) is 1.60. The molecule has 1 saturated heterocycles. The molecule has 0 atom stereocenters. The van der Waals surface area contributed by atoms with Gasteiger partial charge in [-0.15, -0.1) is 0 Å². The zero-order valence-corrected chi connectivity index (χ0v) is 17.2. The number of ether oxygens (including phenoxy) is 1. The molecule has 0 unspecified atom stereocenters. The lowest BCUT2D eigenvalue weighted by Gasteiger charge is -2.14. The van der Waals surface area contributed by atoms with E-state index in [0.29, 0.717) is 33.8 Å². The van der Waals surface area contributed by atoms with Crippen molar-refractivity contribution in [2.45, 2.75) is 12.8 Å². The van der Waals surface area contributed by atoms with Gasteiger partial charge >= 0.3 is 5.97 Å². The van der Waals surface area contributed by atoms with Crippen LogP contribution in [0.1, 0.15) is 18.4 Å². The number of hydrogen-bond acceptors (Lipinski definition) is 5. The highest BCUT2D eigenvalue weighted by molar-refractivity contribution is 8.26. The molecule has 1 aromatic carbocycles. The molecule has 0 bridgehead atoms. The fourth-order valence-corrected chi connectivity index (χ4v) is 3.66. The van der Waals surface area contributed by atoms with Gasteiger partial charge in [0.1, 0.15) is 17.5 Å². The Labute approximate surface area is 168 Å². The normalized spacial score (nSPS) is 16.0. The standard InChI is InChI=1S/C18H21ClN2O3S2/c1-20(2)10-11-24-16(22)4-3-9-21-17(23)15(26-18(21)25)12-13-5-7-14(19)8-6-13/h5-8,12H,3-4,9-11H2,1-2H3/p+1/b15-12+. The van der Waals surface area contributed by atoms with Gasteiger partial charge in [0.05, 0.1) is 19.0 Å². The van der Waals surface area contributed by atoms with Gasteiger partial charge in [-0.3, -0.25) is 14.5 Å². The van der Waals surface area contributed by atoms with E-state index in [-0.39, 0.29) is 18.3 Å². The molecule has 26 heavy (non-hydrogen) atoms. The van der Waals surface area contributed by atoms with Crippen LogP contribution in [0, 0.1) is 0 Å². The minimum absolute atomic E-state index is 0.125. The summed E-state index contributed by atoms with van der Waals surface area (Å²) in [7, 11) is 4.00. The monoisotopic (exact) mass is 413 g/mol. The Hall–Kier alpha value is -1.41. The van der Waals surface area contributed by atoms with Gasteiger partial charge in [-0.2, -0.15) is 0 Å². The fraction of sp³-hybridized carbons (Fsp3) is 0.389. The van der Waals surface area contributed by atoms with Gasteiger partial charge in [-0.25, -0.2) is 0 Å². The van der Waals surface area contributed by atoms with Crippen LogP contribution in [0.4, 0.5) is 0 Å². The predicted molar refractivity (Wildman–Crippen MR) is 109 cm³/mol. The van der Waals surface area contributed by atoms with Crippen molar-refractivity contribution in [2.24, 2.45) is 0 Å². The van der Waals surface area contributed by atoms with E-state index in [2.05, 4.69) is 0 Å². The van der Waals surface area contributed by atoms with Crippen molar-refractivity contribution in [3.8, 4) is 0 Å². The molecule has 1 fully saturated rings. The van der Waals surface area contributed by atoms with Crippen molar-refractivity contribution in [3.63, 3.8) is 0 Å². The van der Waals surface area contributed by atoms with Crippen molar-refractivity contribution >= 4 is 57.9 Å². The maximum atomic E-state index is 12.5. The Kier molecular flexibility index (Phi) is 8.09. The molecule has 0 aliphatic carbocycles. The van der Waals surface area contributed by atoms with Crippen LogP contribution in [0.25, 0.3) is 6.08 Å². The van der Waals surface area contributed by atoms with Crippen LogP contribution >= 0.6 is 35.6 Å². The second-order valence-corrected chi connectivity index (χ2v) is 8.28. The predicted octanol–water partition coefficient (Wildman–Crippen LogP) is 2.01. The summed E-state index contributed by atoms with van der Waals surface area (Å²) < 4.78 is 5.67. The maximum absolute atomic E-state index is 12.5. The number of carbonyl (C=O) groups excluding carboxylic acids is 2. The van der Waals surface area contributed by atoms with Crippen molar-refractivity contribution in [3.05, 3.63) is 39.8 Å². The zero-order valence-electron chi connectivity index (χ0n) is 14.8. The van der Waals surface area contributed by atoms with Crippen LogP contribution in [0.2, 0.25) is 5.02 Å². The van der Waals surface area contributed by atoms with Crippen molar-refractivity contribution in [2.75, 3.05) is 33.8 Å². The number of amides is 1.